The van der Waals surface area contributed by atoms with Crippen LogP contribution in [0.25, 0.3) is 0 Å². The summed E-state index contributed by atoms with van der Waals surface area (Å²) in [5.41, 5.74) is 5.77. The quantitative estimate of drug-likeness (QED) is 0.721. The fraction of sp³-hybridized carbons (Fsp3) is 0.308. The van der Waals surface area contributed by atoms with Gasteiger partial charge < -0.3 is 21.1 Å². The maximum atomic E-state index is 11.9. The van der Waals surface area contributed by atoms with Crippen molar-refractivity contribution in [2.24, 2.45) is 5.73 Å². The number of benzene rings is 1. The Bertz CT molecular complexity index is 533. The Hall–Kier alpha value is -2.28. The molecule has 114 valence electrons. The van der Waals surface area contributed by atoms with Crippen LogP contribution in [-0.4, -0.2) is 41.0 Å². The summed E-state index contributed by atoms with van der Waals surface area (Å²) in [5, 5.41) is 11.7. The lowest BCUT2D eigenvalue weighted by Crippen LogP contribution is -2.48. The Balaban J connectivity index is 2.62. The Morgan fingerprint density at radius 3 is 2.38 bits per heavy atom. The molecule has 0 saturated carbocycles. The van der Waals surface area contributed by atoms with E-state index in [2.05, 4.69) is 5.32 Å². The van der Waals surface area contributed by atoms with Crippen molar-refractivity contribution in [1.29, 1.82) is 0 Å². The van der Waals surface area contributed by atoms with Gasteiger partial charge in [0.1, 0.15) is 6.04 Å². The van der Waals surface area contributed by atoms with Gasteiger partial charge in [0.15, 0.2) is 0 Å². The first-order valence-electron chi connectivity index (χ1n) is 6.06. The molecule has 4 N–H and O–H groups in total. The number of amides is 3. The van der Waals surface area contributed by atoms with Crippen LogP contribution >= 0.6 is 11.6 Å². The monoisotopic (exact) mass is 313 g/mol. The van der Waals surface area contributed by atoms with E-state index in [1.807, 2.05) is 0 Å². The second-order valence-corrected chi connectivity index (χ2v) is 4.93. The van der Waals surface area contributed by atoms with Crippen LogP contribution in [-0.2, 0) is 16.1 Å². The highest BCUT2D eigenvalue weighted by Crippen LogP contribution is 2.11. The van der Waals surface area contributed by atoms with E-state index in [1.54, 1.807) is 24.3 Å². The zero-order valence-electron chi connectivity index (χ0n) is 11.4. The largest absolute Gasteiger partial charge is 0.480 e. The number of carbonyl (C=O) groups is 3. The number of nitrogens with two attached hydrogens (primary N) is 1. The minimum Gasteiger partial charge on any atom is -0.480 e. The second-order valence-electron chi connectivity index (χ2n) is 4.49. The lowest BCUT2D eigenvalue weighted by molar-refractivity contribution is -0.140. The molecule has 7 nitrogen and oxygen atoms in total. The van der Waals surface area contributed by atoms with Gasteiger partial charge in [-0.2, -0.15) is 0 Å². The van der Waals surface area contributed by atoms with Gasteiger partial charge in [-0.25, -0.2) is 9.59 Å². The molecular weight excluding hydrogens is 298 g/mol. The zero-order valence-corrected chi connectivity index (χ0v) is 12.1. The van der Waals surface area contributed by atoms with Crippen molar-refractivity contribution in [2.75, 3.05) is 7.05 Å². The van der Waals surface area contributed by atoms with E-state index in [0.29, 0.717) is 5.02 Å². The van der Waals surface area contributed by atoms with Crippen molar-refractivity contribution in [3.05, 3.63) is 34.9 Å². The number of rotatable bonds is 6. The van der Waals surface area contributed by atoms with Gasteiger partial charge in [0.05, 0.1) is 6.42 Å². The minimum absolute atomic E-state index is 0.270. The third-order valence-electron chi connectivity index (χ3n) is 2.68. The molecule has 0 spiro atoms. The van der Waals surface area contributed by atoms with E-state index >= 15 is 0 Å². The molecule has 0 bridgehead atoms. The summed E-state index contributed by atoms with van der Waals surface area (Å²) in [6, 6.07) is 4.93. The Morgan fingerprint density at radius 2 is 1.90 bits per heavy atom. The van der Waals surface area contributed by atoms with Gasteiger partial charge in [-0.15, -0.1) is 0 Å². The number of urea groups is 1. The topological polar surface area (TPSA) is 113 Å². The molecule has 0 saturated heterocycles. The maximum absolute atomic E-state index is 11.9. The standard InChI is InChI=1S/C13H16ClN3O4/c1-17(7-8-2-4-9(14)5-3-8)13(21)16-10(12(19)20)6-11(15)18/h2-5,10H,6-7H2,1H3,(H2,15,18)(H,16,21)(H,19,20)/t10-/m1/s1. The number of hydrogen-bond acceptors (Lipinski definition) is 3. The van der Waals surface area contributed by atoms with E-state index in [9.17, 15) is 14.4 Å². The summed E-state index contributed by atoms with van der Waals surface area (Å²) < 4.78 is 0. The molecule has 0 aromatic heterocycles. The molecule has 0 fully saturated rings. The van der Waals surface area contributed by atoms with Crippen LogP contribution in [0.15, 0.2) is 24.3 Å². The summed E-state index contributed by atoms with van der Waals surface area (Å²) in [7, 11) is 1.51. The number of halogens is 1. The molecule has 1 rings (SSSR count). The van der Waals surface area contributed by atoms with Crippen molar-refractivity contribution in [3.8, 4) is 0 Å². The van der Waals surface area contributed by atoms with Gasteiger partial charge in [0.2, 0.25) is 5.91 Å². The molecule has 8 heteroatoms. The molecule has 0 aliphatic rings. The van der Waals surface area contributed by atoms with Crippen LogP contribution in [0.4, 0.5) is 4.79 Å². The highest BCUT2D eigenvalue weighted by molar-refractivity contribution is 6.30. The summed E-state index contributed by atoms with van der Waals surface area (Å²) in [6.45, 7) is 0.270. The average Bonchev–Trinajstić information content (AvgIpc) is 2.39. The van der Waals surface area contributed by atoms with E-state index in [-0.39, 0.29) is 6.54 Å². The molecule has 0 heterocycles. The number of hydrogen-bond donors (Lipinski definition) is 3. The van der Waals surface area contributed by atoms with E-state index in [0.717, 1.165) is 5.56 Å². The summed E-state index contributed by atoms with van der Waals surface area (Å²) in [4.78, 5) is 34.9. The van der Waals surface area contributed by atoms with Crippen molar-refractivity contribution in [1.82, 2.24) is 10.2 Å². The number of carboxylic acid groups (broad SMARTS) is 1. The lowest BCUT2D eigenvalue weighted by Gasteiger charge is -2.21. The SMILES string of the molecule is CN(Cc1ccc(Cl)cc1)C(=O)N[C@H](CC(N)=O)C(=O)O. The lowest BCUT2D eigenvalue weighted by atomic mass is 10.2. The average molecular weight is 314 g/mol. The molecule has 1 aromatic carbocycles. The molecule has 0 radical (unpaired) electrons. The number of primary amides is 1. The van der Waals surface area contributed by atoms with Crippen LogP contribution in [0.5, 0.6) is 0 Å². The number of nitrogens with zero attached hydrogens (tertiary/aromatic N) is 1. The van der Waals surface area contributed by atoms with Crippen LogP contribution < -0.4 is 11.1 Å². The van der Waals surface area contributed by atoms with Gasteiger partial charge >= 0.3 is 12.0 Å². The molecule has 0 unspecified atom stereocenters. The van der Waals surface area contributed by atoms with Crippen LogP contribution in [0.2, 0.25) is 5.02 Å². The smallest absolute Gasteiger partial charge is 0.326 e. The summed E-state index contributed by atoms with van der Waals surface area (Å²) in [6.07, 6.45) is -0.462. The minimum atomic E-state index is -1.34. The fourth-order valence-corrected chi connectivity index (χ4v) is 1.72. The Labute approximate surface area is 126 Å². The number of carboxylic acids is 1. The number of carbonyl (C=O) groups excluding carboxylic acids is 2. The highest BCUT2D eigenvalue weighted by Gasteiger charge is 2.23. The molecule has 0 aliphatic carbocycles. The first kappa shape index (κ1) is 16.8. The maximum Gasteiger partial charge on any atom is 0.326 e. The number of aliphatic carboxylic acids is 1. The Kier molecular flexibility index (Phi) is 5.98. The van der Waals surface area contributed by atoms with Crippen molar-refractivity contribution < 1.29 is 19.5 Å². The third-order valence-corrected chi connectivity index (χ3v) is 2.93. The van der Waals surface area contributed by atoms with E-state index in [1.165, 1.54) is 11.9 Å². The first-order valence-corrected chi connectivity index (χ1v) is 6.44. The molecule has 3 amide bonds. The number of nitrogens with one attached hydrogen (secondary N) is 1. The molecule has 1 atom stereocenters. The van der Waals surface area contributed by atoms with Crippen molar-refractivity contribution >= 4 is 29.5 Å². The molecular formula is C13H16ClN3O4. The predicted octanol–water partition coefficient (Wildman–Crippen LogP) is 0.810. The zero-order chi connectivity index (χ0) is 16.0. The van der Waals surface area contributed by atoms with Crippen molar-refractivity contribution in [2.45, 2.75) is 19.0 Å². The van der Waals surface area contributed by atoms with Gasteiger partial charge in [0, 0.05) is 18.6 Å². The first-order chi connectivity index (χ1) is 9.79. The van der Waals surface area contributed by atoms with Crippen molar-refractivity contribution in [3.63, 3.8) is 0 Å². The normalized spacial score (nSPS) is 11.5. The Morgan fingerprint density at radius 1 is 1.33 bits per heavy atom. The van der Waals surface area contributed by atoms with Gasteiger partial charge in [0.25, 0.3) is 0 Å². The highest BCUT2D eigenvalue weighted by atomic mass is 35.5. The van der Waals surface area contributed by atoms with Crippen LogP contribution in [0.3, 0.4) is 0 Å². The van der Waals surface area contributed by atoms with E-state index < -0.39 is 30.4 Å². The summed E-state index contributed by atoms with van der Waals surface area (Å²) >= 11 is 5.76. The van der Waals surface area contributed by atoms with Crippen LogP contribution in [0, 0.1) is 0 Å². The van der Waals surface area contributed by atoms with E-state index in [4.69, 9.17) is 22.4 Å². The van der Waals surface area contributed by atoms with Crippen LogP contribution in [0.1, 0.15) is 12.0 Å². The molecule has 0 aliphatic heterocycles. The second kappa shape index (κ2) is 7.49. The van der Waals surface area contributed by atoms with Gasteiger partial charge in [-0.1, -0.05) is 23.7 Å². The van der Waals surface area contributed by atoms with Gasteiger partial charge in [-0.3, -0.25) is 4.79 Å². The van der Waals surface area contributed by atoms with Gasteiger partial charge in [-0.05, 0) is 17.7 Å². The molecule has 21 heavy (non-hydrogen) atoms. The summed E-state index contributed by atoms with van der Waals surface area (Å²) in [5.74, 6) is -2.12. The molecule has 1 aromatic rings. The predicted molar refractivity (Wildman–Crippen MR) is 76.7 cm³/mol. The fourth-order valence-electron chi connectivity index (χ4n) is 1.60. The third kappa shape index (κ3) is 5.70.